The van der Waals surface area contributed by atoms with E-state index in [9.17, 15) is 13.2 Å². The summed E-state index contributed by atoms with van der Waals surface area (Å²) in [5, 5.41) is 2.65. The van der Waals surface area contributed by atoms with Crippen molar-refractivity contribution in [3.63, 3.8) is 0 Å². The smallest absolute Gasteiger partial charge is 0.241 e. The van der Waals surface area contributed by atoms with Crippen LogP contribution in [0.1, 0.15) is 32.4 Å². The third-order valence-electron chi connectivity index (χ3n) is 2.82. The summed E-state index contributed by atoms with van der Waals surface area (Å²) in [4.78, 5) is 11.6. The van der Waals surface area contributed by atoms with E-state index < -0.39 is 10.0 Å². The molecule has 1 atom stereocenters. The largest absolute Gasteiger partial charge is 0.355 e. The summed E-state index contributed by atoms with van der Waals surface area (Å²) in [6, 6.07) is 6.12. The summed E-state index contributed by atoms with van der Waals surface area (Å²) in [7, 11) is -3.72. The Balaban J connectivity index is 2.69. The molecule has 4 N–H and O–H groups in total. The van der Waals surface area contributed by atoms with E-state index in [2.05, 4.69) is 10.0 Å². The van der Waals surface area contributed by atoms with Crippen molar-refractivity contribution in [2.45, 2.75) is 31.7 Å². The molecule has 21 heavy (non-hydrogen) atoms. The number of rotatable bonds is 7. The molecule has 0 saturated heterocycles. The first-order valence-corrected chi connectivity index (χ1v) is 8.32. The van der Waals surface area contributed by atoms with E-state index in [0.29, 0.717) is 12.5 Å². The molecule has 1 amide bonds. The Morgan fingerprint density at radius 3 is 2.52 bits per heavy atom. The van der Waals surface area contributed by atoms with Crippen LogP contribution >= 0.6 is 0 Å². The molecule has 6 nitrogen and oxygen atoms in total. The molecule has 0 heterocycles. The Bertz CT molecular complexity index is 583. The first-order chi connectivity index (χ1) is 9.72. The Morgan fingerprint density at radius 2 is 1.95 bits per heavy atom. The van der Waals surface area contributed by atoms with Gasteiger partial charge in [-0.05, 0) is 30.5 Å². The molecule has 1 aromatic carbocycles. The lowest BCUT2D eigenvalue weighted by molar-refractivity contribution is -0.120. The van der Waals surface area contributed by atoms with E-state index in [1.807, 2.05) is 13.8 Å². The van der Waals surface area contributed by atoms with Crippen molar-refractivity contribution in [3.8, 4) is 0 Å². The lowest BCUT2D eigenvalue weighted by Gasteiger charge is -2.11. The van der Waals surface area contributed by atoms with Crippen LogP contribution in [0.4, 0.5) is 0 Å². The molecule has 0 spiro atoms. The number of benzene rings is 1. The van der Waals surface area contributed by atoms with Gasteiger partial charge in [0, 0.05) is 12.6 Å². The zero-order chi connectivity index (χ0) is 16.0. The van der Waals surface area contributed by atoms with Crippen molar-refractivity contribution in [1.29, 1.82) is 0 Å². The molecule has 0 radical (unpaired) electrons. The number of hydrogen-bond acceptors (Lipinski definition) is 4. The number of hydrogen-bond donors (Lipinski definition) is 3. The second-order valence-corrected chi connectivity index (χ2v) is 7.15. The predicted molar refractivity (Wildman–Crippen MR) is 82.1 cm³/mol. The van der Waals surface area contributed by atoms with Gasteiger partial charge in [-0.25, -0.2) is 13.1 Å². The highest BCUT2D eigenvalue weighted by Gasteiger charge is 2.16. The van der Waals surface area contributed by atoms with Crippen molar-refractivity contribution in [3.05, 3.63) is 29.8 Å². The van der Waals surface area contributed by atoms with Gasteiger partial charge in [0.15, 0.2) is 0 Å². The molecule has 7 heteroatoms. The van der Waals surface area contributed by atoms with E-state index in [1.54, 1.807) is 19.1 Å². The Hall–Kier alpha value is -1.44. The van der Waals surface area contributed by atoms with Crippen molar-refractivity contribution in [1.82, 2.24) is 10.0 Å². The van der Waals surface area contributed by atoms with Crippen molar-refractivity contribution >= 4 is 15.9 Å². The van der Waals surface area contributed by atoms with Gasteiger partial charge < -0.3 is 11.1 Å². The molecular weight excluding hydrogens is 290 g/mol. The third kappa shape index (κ3) is 5.82. The summed E-state index contributed by atoms with van der Waals surface area (Å²) in [5.41, 5.74) is 6.46. The molecule has 0 bridgehead atoms. The van der Waals surface area contributed by atoms with E-state index in [4.69, 9.17) is 5.73 Å². The Morgan fingerprint density at radius 1 is 1.29 bits per heavy atom. The second kappa shape index (κ2) is 7.53. The molecule has 0 aliphatic heterocycles. The molecule has 1 rings (SSSR count). The van der Waals surface area contributed by atoms with Crippen molar-refractivity contribution < 1.29 is 13.2 Å². The number of carbonyl (C=O) groups is 1. The van der Waals surface area contributed by atoms with E-state index in [-0.39, 0.29) is 23.4 Å². The van der Waals surface area contributed by atoms with Crippen LogP contribution in [0.2, 0.25) is 0 Å². The number of carbonyl (C=O) groups excluding carboxylic acids is 1. The minimum atomic E-state index is -3.72. The maximum absolute atomic E-state index is 12.1. The number of amides is 1. The van der Waals surface area contributed by atoms with E-state index in [0.717, 1.165) is 5.56 Å². The van der Waals surface area contributed by atoms with Crippen LogP contribution < -0.4 is 15.8 Å². The van der Waals surface area contributed by atoms with Crippen LogP contribution in [0.15, 0.2) is 29.2 Å². The average Bonchev–Trinajstić information content (AvgIpc) is 2.43. The number of nitrogens with two attached hydrogens (primary N) is 1. The molecule has 118 valence electrons. The first-order valence-electron chi connectivity index (χ1n) is 6.84. The van der Waals surface area contributed by atoms with Crippen LogP contribution in [-0.4, -0.2) is 27.4 Å². The highest BCUT2D eigenvalue weighted by atomic mass is 32.2. The molecular formula is C14H23N3O3S. The van der Waals surface area contributed by atoms with Gasteiger partial charge in [0.05, 0.1) is 11.4 Å². The number of nitrogens with one attached hydrogen (secondary N) is 2. The number of sulfonamides is 1. The van der Waals surface area contributed by atoms with Gasteiger partial charge in [-0.3, -0.25) is 4.79 Å². The SMILES string of the molecule is CC(C)CNC(=O)CNS(=O)(=O)c1cccc(C(C)N)c1. The second-order valence-electron chi connectivity index (χ2n) is 5.38. The fourth-order valence-electron chi connectivity index (χ4n) is 1.59. The molecule has 1 aromatic rings. The lowest BCUT2D eigenvalue weighted by Crippen LogP contribution is -2.38. The summed E-state index contributed by atoms with van der Waals surface area (Å²) in [6.07, 6.45) is 0. The topological polar surface area (TPSA) is 101 Å². The lowest BCUT2D eigenvalue weighted by atomic mass is 10.1. The molecule has 0 fully saturated rings. The molecule has 0 aliphatic carbocycles. The maximum atomic E-state index is 12.1. The molecule has 0 saturated carbocycles. The minimum Gasteiger partial charge on any atom is -0.355 e. The van der Waals surface area contributed by atoms with Gasteiger partial charge in [-0.1, -0.05) is 26.0 Å². The highest BCUT2D eigenvalue weighted by Crippen LogP contribution is 2.15. The summed E-state index contributed by atoms with van der Waals surface area (Å²) >= 11 is 0. The van der Waals surface area contributed by atoms with Gasteiger partial charge >= 0.3 is 0 Å². The fraction of sp³-hybridized carbons (Fsp3) is 0.500. The molecule has 1 unspecified atom stereocenters. The van der Waals surface area contributed by atoms with Crippen LogP contribution in [0.5, 0.6) is 0 Å². The predicted octanol–water partition coefficient (Wildman–Crippen LogP) is 0.757. The van der Waals surface area contributed by atoms with Gasteiger partial charge in [0.1, 0.15) is 0 Å². The summed E-state index contributed by atoms with van der Waals surface area (Å²) in [5.74, 6) is -0.0381. The zero-order valence-electron chi connectivity index (χ0n) is 12.6. The standard InChI is InChI=1S/C14H23N3O3S/c1-10(2)8-16-14(18)9-17-21(19,20)13-6-4-5-12(7-13)11(3)15/h4-7,10-11,17H,8-9,15H2,1-3H3,(H,16,18). The quantitative estimate of drug-likeness (QED) is 0.691. The zero-order valence-corrected chi connectivity index (χ0v) is 13.4. The fourth-order valence-corrected chi connectivity index (χ4v) is 2.63. The van der Waals surface area contributed by atoms with E-state index in [1.165, 1.54) is 12.1 Å². The molecule has 0 aliphatic rings. The molecule has 0 aromatic heterocycles. The van der Waals surface area contributed by atoms with Crippen LogP contribution in [-0.2, 0) is 14.8 Å². The van der Waals surface area contributed by atoms with Gasteiger partial charge in [0.2, 0.25) is 15.9 Å². The average molecular weight is 313 g/mol. The summed E-state index contributed by atoms with van der Waals surface area (Å²) < 4.78 is 26.5. The minimum absolute atomic E-state index is 0.106. The van der Waals surface area contributed by atoms with E-state index >= 15 is 0 Å². The Labute approximate surface area is 126 Å². The monoisotopic (exact) mass is 313 g/mol. The van der Waals surface area contributed by atoms with Gasteiger partial charge in [0.25, 0.3) is 0 Å². The van der Waals surface area contributed by atoms with Gasteiger partial charge in [-0.2, -0.15) is 0 Å². The Kier molecular flexibility index (Phi) is 6.32. The normalized spacial score (nSPS) is 13.2. The van der Waals surface area contributed by atoms with Gasteiger partial charge in [-0.15, -0.1) is 0 Å². The maximum Gasteiger partial charge on any atom is 0.241 e. The first kappa shape index (κ1) is 17.6. The van der Waals surface area contributed by atoms with Crippen LogP contribution in [0.25, 0.3) is 0 Å². The van der Waals surface area contributed by atoms with Crippen molar-refractivity contribution in [2.75, 3.05) is 13.1 Å². The van der Waals surface area contributed by atoms with Crippen molar-refractivity contribution in [2.24, 2.45) is 11.7 Å². The summed E-state index contributed by atoms with van der Waals surface area (Å²) in [6.45, 7) is 5.94. The third-order valence-corrected chi connectivity index (χ3v) is 4.22. The van der Waals surface area contributed by atoms with Crippen LogP contribution in [0.3, 0.4) is 0 Å². The van der Waals surface area contributed by atoms with Crippen LogP contribution in [0, 0.1) is 5.92 Å². The highest BCUT2D eigenvalue weighted by molar-refractivity contribution is 7.89.